The van der Waals surface area contributed by atoms with E-state index in [-0.39, 0.29) is 17.5 Å². The number of halogens is 3. The van der Waals surface area contributed by atoms with Gasteiger partial charge in [0.15, 0.2) is 0 Å². The van der Waals surface area contributed by atoms with Crippen molar-refractivity contribution in [2.75, 3.05) is 23.3 Å². The van der Waals surface area contributed by atoms with Gasteiger partial charge in [-0.05, 0) is 26.3 Å². The minimum absolute atomic E-state index is 0.0527. The zero-order chi connectivity index (χ0) is 23.7. The fraction of sp³-hybridized carbons (Fsp3) is 0.391. The van der Waals surface area contributed by atoms with Crippen molar-refractivity contribution in [3.63, 3.8) is 0 Å². The summed E-state index contributed by atoms with van der Waals surface area (Å²) in [6, 6.07) is 5.27. The molecule has 2 atom stereocenters. The molecule has 0 unspecified atom stereocenters. The summed E-state index contributed by atoms with van der Waals surface area (Å²) in [5.41, 5.74) is 0.115. The van der Waals surface area contributed by atoms with Crippen LogP contribution < -0.4 is 15.5 Å². The van der Waals surface area contributed by atoms with Crippen molar-refractivity contribution in [1.29, 1.82) is 0 Å². The van der Waals surface area contributed by atoms with Crippen LogP contribution >= 0.6 is 0 Å². The van der Waals surface area contributed by atoms with Crippen molar-refractivity contribution in [2.45, 2.75) is 45.7 Å². The molecule has 1 aliphatic rings. The molecule has 3 aromatic rings. The average Bonchev–Trinajstić information content (AvgIpc) is 3.21. The largest absolute Gasteiger partial charge is 0.363 e. The van der Waals surface area contributed by atoms with E-state index >= 15 is 0 Å². The van der Waals surface area contributed by atoms with Crippen LogP contribution in [0.25, 0.3) is 10.9 Å². The maximum absolute atomic E-state index is 14.7. The second-order valence-electron chi connectivity index (χ2n) is 8.23. The highest BCUT2D eigenvalue weighted by atomic mass is 19.3. The van der Waals surface area contributed by atoms with Gasteiger partial charge in [0.25, 0.3) is 6.43 Å². The number of aryl methyl sites for hydroxylation is 1. The topological polar surface area (TPSA) is 83.0 Å². The van der Waals surface area contributed by atoms with Crippen LogP contribution in [0.5, 0.6) is 0 Å². The first-order valence-electron chi connectivity index (χ1n) is 10.7. The summed E-state index contributed by atoms with van der Waals surface area (Å²) in [4.78, 5) is 26.9. The molecule has 2 aromatic heterocycles. The summed E-state index contributed by atoms with van der Waals surface area (Å²) in [6.07, 6.45) is -0.431. The molecule has 33 heavy (non-hydrogen) atoms. The molecule has 1 amide bonds. The second kappa shape index (κ2) is 9.21. The third-order valence-electron chi connectivity index (χ3n) is 5.71. The van der Waals surface area contributed by atoms with Crippen LogP contribution in [-0.2, 0) is 4.79 Å². The summed E-state index contributed by atoms with van der Waals surface area (Å²) in [5, 5.41) is 6.77. The van der Waals surface area contributed by atoms with Crippen molar-refractivity contribution in [2.24, 2.45) is 0 Å². The zero-order valence-corrected chi connectivity index (χ0v) is 18.6. The minimum atomic E-state index is -2.89. The van der Waals surface area contributed by atoms with E-state index in [2.05, 4.69) is 30.5 Å². The van der Waals surface area contributed by atoms with Gasteiger partial charge in [-0.15, -0.1) is 0 Å². The standard InChI is InChI=1S/C23H25F3N6O/c1-12(16-5-4-6-17(21(16)24)22(25)26)28-23-18-9-20(27-10-19(18)29-13(2)30-23)32-8-7-15(11-32)31-14(3)33/h4-6,9-10,12,15,22H,7-8,11H2,1-3H3,(H,31,33)(H,28,29,30)/t12-,15-/m1/s1. The van der Waals surface area contributed by atoms with E-state index in [4.69, 9.17) is 0 Å². The van der Waals surface area contributed by atoms with Gasteiger partial charge in [-0.2, -0.15) is 0 Å². The second-order valence-corrected chi connectivity index (χ2v) is 8.23. The number of rotatable bonds is 6. The molecule has 1 aromatic carbocycles. The first-order chi connectivity index (χ1) is 15.7. The zero-order valence-electron chi connectivity index (χ0n) is 18.6. The molecule has 1 fully saturated rings. The normalized spacial score (nSPS) is 16.9. The molecule has 0 radical (unpaired) electrons. The van der Waals surface area contributed by atoms with Crippen molar-refractivity contribution < 1.29 is 18.0 Å². The van der Waals surface area contributed by atoms with E-state index in [0.717, 1.165) is 19.0 Å². The number of nitrogens with zero attached hydrogens (tertiary/aromatic N) is 4. The molecular weight excluding hydrogens is 433 g/mol. The fourth-order valence-electron chi connectivity index (χ4n) is 4.15. The molecule has 1 saturated heterocycles. The fourth-order valence-corrected chi connectivity index (χ4v) is 4.15. The van der Waals surface area contributed by atoms with Crippen LogP contribution in [0.3, 0.4) is 0 Å². The number of hydrogen-bond donors (Lipinski definition) is 2. The third-order valence-corrected chi connectivity index (χ3v) is 5.71. The van der Waals surface area contributed by atoms with Gasteiger partial charge < -0.3 is 15.5 Å². The Morgan fingerprint density at radius 3 is 2.73 bits per heavy atom. The maximum Gasteiger partial charge on any atom is 0.266 e. The van der Waals surface area contributed by atoms with Gasteiger partial charge in [-0.3, -0.25) is 4.79 Å². The number of anilines is 2. The molecule has 0 spiro atoms. The average molecular weight is 458 g/mol. The maximum atomic E-state index is 14.7. The van der Waals surface area contributed by atoms with Gasteiger partial charge in [0, 0.05) is 37.0 Å². The van der Waals surface area contributed by atoms with E-state index in [9.17, 15) is 18.0 Å². The number of amides is 1. The molecule has 174 valence electrons. The van der Waals surface area contributed by atoms with Gasteiger partial charge in [-0.25, -0.2) is 28.1 Å². The molecule has 3 heterocycles. The lowest BCUT2D eigenvalue weighted by molar-refractivity contribution is -0.119. The highest BCUT2D eigenvalue weighted by Gasteiger charge is 2.25. The summed E-state index contributed by atoms with van der Waals surface area (Å²) in [7, 11) is 0. The quantitative estimate of drug-likeness (QED) is 0.573. The summed E-state index contributed by atoms with van der Waals surface area (Å²) in [5.74, 6) is 0.685. The highest BCUT2D eigenvalue weighted by molar-refractivity contribution is 5.90. The number of alkyl halides is 2. The molecule has 0 aliphatic carbocycles. The minimum Gasteiger partial charge on any atom is -0.363 e. The van der Waals surface area contributed by atoms with Gasteiger partial charge in [0.1, 0.15) is 23.3 Å². The Balaban J connectivity index is 1.64. The molecule has 0 bridgehead atoms. The number of carbonyl (C=O) groups is 1. The molecule has 7 nitrogen and oxygen atoms in total. The van der Waals surface area contributed by atoms with Gasteiger partial charge in [0.2, 0.25) is 5.91 Å². The van der Waals surface area contributed by atoms with E-state index in [1.54, 1.807) is 20.0 Å². The Hall–Kier alpha value is -3.43. The number of benzene rings is 1. The third kappa shape index (κ3) is 4.84. The Kier molecular flexibility index (Phi) is 6.35. The summed E-state index contributed by atoms with van der Waals surface area (Å²) in [6.45, 7) is 6.29. The molecule has 0 saturated carbocycles. The van der Waals surface area contributed by atoms with Crippen LogP contribution in [0.1, 0.15) is 49.7 Å². The number of carbonyl (C=O) groups excluding carboxylic acids is 1. The molecule has 4 rings (SSSR count). The van der Waals surface area contributed by atoms with Gasteiger partial charge >= 0.3 is 0 Å². The van der Waals surface area contributed by atoms with Crippen LogP contribution in [0.4, 0.5) is 24.8 Å². The van der Waals surface area contributed by atoms with Gasteiger partial charge in [0.05, 0.1) is 23.3 Å². The van der Waals surface area contributed by atoms with Crippen LogP contribution in [0.15, 0.2) is 30.5 Å². The predicted molar refractivity (Wildman–Crippen MR) is 120 cm³/mol. The van der Waals surface area contributed by atoms with E-state index in [0.29, 0.717) is 34.9 Å². The Morgan fingerprint density at radius 2 is 2.00 bits per heavy atom. The van der Waals surface area contributed by atoms with E-state index < -0.39 is 23.8 Å². The Bertz CT molecular complexity index is 1190. The Morgan fingerprint density at radius 1 is 1.24 bits per heavy atom. The van der Waals surface area contributed by atoms with E-state index in [1.165, 1.54) is 19.1 Å². The summed E-state index contributed by atoms with van der Waals surface area (Å²) < 4.78 is 40.9. The first-order valence-corrected chi connectivity index (χ1v) is 10.7. The lowest BCUT2D eigenvalue weighted by Gasteiger charge is -2.20. The van der Waals surface area contributed by atoms with Crippen LogP contribution in [0, 0.1) is 12.7 Å². The highest BCUT2D eigenvalue weighted by Crippen LogP contribution is 2.31. The van der Waals surface area contributed by atoms with Crippen molar-refractivity contribution in [3.05, 3.63) is 53.2 Å². The monoisotopic (exact) mass is 458 g/mol. The molecular formula is C23H25F3N6O. The van der Waals surface area contributed by atoms with Crippen molar-refractivity contribution in [1.82, 2.24) is 20.3 Å². The van der Waals surface area contributed by atoms with E-state index in [1.807, 2.05) is 6.07 Å². The van der Waals surface area contributed by atoms with Gasteiger partial charge in [-0.1, -0.05) is 18.2 Å². The number of nitrogens with one attached hydrogen (secondary N) is 2. The lowest BCUT2D eigenvalue weighted by atomic mass is 10.0. The predicted octanol–water partition coefficient (Wildman–Crippen LogP) is 4.30. The molecule has 1 aliphatic heterocycles. The van der Waals surface area contributed by atoms with Crippen LogP contribution in [-0.4, -0.2) is 40.0 Å². The summed E-state index contributed by atoms with van der Waals surface area (Å²) >= 11 is 0. The van der Waals surface area contributed by atoms with Crippen LogP contribution in [0.2, 0.25) is 0 Å². The Labute approximate surface area is 189 Å². The number of pyridine rings is 1. The lowest BCUT2D eigenvalue weighted by Crippen LogP contribution is -2.35. The smallest absolute Gasteiger partial charge is 0.266 e. The van der Waals surface area contributed by atoms with Crippen molar-refractivity contribution >= 4 is 28.4 Å². The number of aromatic nitrogens is 3. The number of fused-ring (bicyclic) bond motifs is 1. The molecule has 10 heteroatoms. The van der Waals surface area contributed by atoms with Crippen molar-refractivity contribution in [3.8, 4) is 0 Å². The number of hydrogen-bond acceptors (Lipinski definition) is 6. The first kappa shape index (κ1) is 22.8. The SMILES string of the molecule is CC(=O)N[C@@H]1CCN(c2cc3c(N[C@H](C)c4cccc(C(F)F)c4F)nc(C)nc3cn2)C1. The molecule has 2 N–H and O–H groups in total.